The van der Waals surface area contributed by atoms with Gasteiger partial charge in [-0.15, -0.1) is 0 Å². The van der Waals surface area contributed by atoms with Gasteiger partial charge in [0.1, 0.15) is 27.3 Å². The van der Waals surface area contributed by atoms with Crippen molar-refractivity contribution < 1.29 is 13.2 Å². The van der Waals surface area contributed by atoms with E-state index in [1.165, 1.54) is 25.6 Å². The van der Waals surface area contributed by atoms with Gasteiger partial charge in [0.25, 0.3) is 0 Å². The Morgan fingerprint density at radius 2 is 1.76 bits per heavy atom. The Kier molecular flexibility index (Phi) is 4.82. The van der Waals surface area contributed by atoms with Gasteiger partial charge in [0.05, 0.1) is 12.7 Å². The first kappa shape index (κ1) is 15.8. The van der Waals surface area contributed by atoms with Gasteiger partial charge in [0.15, 0.2) is 0 Å². The van der Waals surface area contributed by atoms with E-state index in [2.05, 4.69) is 9.97 Å². The molecule has 110 valence electrons. The molecule has 0 bridgehead atoms. The molecule has 1 aromatic carbocycles. The number of sulfone groups is 1. The molecule has 0 spiro atoms. The van der Waals surface area contributed by atoms with E-state index in [0.29, 0.717) is 0 Å². The molecule has 0 saturated heterocycles. The molecule has 21 heavy (non-hydrogen) atoms. The summed E-state index contributed by atoms with van der Waals surface area (Å²) in [6, 6.07) is 6.30. The molecule has 5 nitrogen and oxygen atoms in total. The van der Waals surface area contributed by atoms with Crippen molar-refractivity contribution in [3.63, 3.8) is 0 Å². The number of benzene rings is 1. The molecule has 8 heteroatoms. The van der Waals surface area contributed by atoms with Crippen LogP contribution in [0.3, 0.4) is 0 Å². The quantitative estimate of drug-likeness (QED) is 0.796. The van der Waals surface area contributed by atoms with E-state index in [0.717, 1.165) is 5.41 Å². The van der Waals surface area contributed by atoms with Crippen LogP contribution < -0.4 is 4.74 Å². The number of para-hydroxylation sites is 1. The lowest BCUT2D eigenvalue weighted by atomic mass is 10.3. The van der Waals surface area contributed by atoms with Gasteiger partial charge < -0.3 is 4.74 Å². The zero-order valence-corrected chi connectivity index (χ0v) is 13.2. The molecule has 1 heterocycles. The fourth-order valence-corrected chi connectivity index (χ4v) is 3.18. The second-order valence-electron chi connectivity index (χ2n) is 3.87. The van der Waals surface area contributed by atoms with Crippen LogP contribution >= 0.6 is 23.2 Å². The first-order valence-electron chi connectivity index (χ1n) is 5.68. The standard InChI is InChI=1S/C13H10Cl2N2O3S/c1-20-10-4-2-3-5-11(10)21(18,19)7-6-9-12(14)16-8-17-13(9)15/h2-8H,1H3/b7-6+. The molecule has 0 aliphatic carbocycles. The summed E-state index contributed by atoms with van der Waals surface area (Å²) in [4.78, 5) is 7.54. The predicted molar refractivity (Wildman–Crippen MR) is 81.3 cm³/mol. The molecule has 0 unspecified atom stereocenters. The Labute approximate surface area is 132 Å². The van der Waals surface area contributed by atoms with Crippen molar-refractivity contribution in [2.45, 2.75) is 4.90 Å². The average molecular weight is 345 g/mol. The molecular formula is C13H10Cl2N2O3S. The largest absolute Gasteiger partial charge is 0.495 e. The minimum Gasteiger partial charge on any atom is -0.495 e. The summed E-state index contributed by atoms with van der Waals surface area (Å²) in [5.74, 6) is 0.253. The maximum Gasteiger partial charge on any atom is 0.203 e. The third-order valence-electron chi connectivity index (χ3n) is 2.58. The summed E-state index contributed by atoms with van der Waals surface area (Å²) in [5, 5.41) is 1.13. The van der Waals surface area contributed by atoms with Crippen LogP contribution in [0.1, 0.15) is 5.56 Å². The maximum absolute atomic E-state index is 12.3. The number of ether oxygens (including phenoxy) is 1. The van der Waals surface area contributed by atoms with Gasteiger partial charge in [-0.3, -0.25) is 0 Å². The smallest absolute Gasteiger partial charge is 0.203 e. The first-order valence-corrected chi connectivity index (χ1v) is 7.98. The molecule has 1 aromatic heterocycles. The Hall–Kier alpha value is -1.63. The van der Waals surface area contributed by atoms with Gasteiger partial charge >= 0.3 is 0 Å². The van der Waals surface area contributed by atoms with E-state index in [1.807, 2.05) is 0 Å². The summed E-state index contributed by atoms with van der Waals surface area (Å²) in [5.41, 5.74) is 0.235. The number of hydrogen-bond donors (Lipinski definition) is 0. The van der Waals surface area contributed by atoms with E-state index in [-0.39, 0.29) is 26.5 Å². The highest BCUT2D eigenvalue weighted by Crippen LogP contribution is 2.27. The minimum absolute atomic E-state index is 0.0489. The van der Waals surface area contributed by atoms with Gasteiger partial charge in [0.2, 0.25) is 9.84 Å². The van der Waals surface area contributed by atoms with Gasteiger partial charge in [-0.05, 0) is 18.2 Å². The molecule has 0 aliphatic heterocycles. The molecule has 0 atom stereocenters. The van der Waals surface area contributed by atoms with Gasteiger partial charge in [0, 0.05) is 5.41 Å². The minimum atomic E-state index is -3.71. The SMILES string of the molecule is COc1ccccc1S(=O)(=O)/C=C/c1c(Cl)ncnc1Cl. The normalized spacial score (nSPS) is 11.8. The zero-order valence-electron chi connectivity index (χ0n) is 10.8. The first-order chi connectivity index (χ1) is 9.95. The molecule has 2 aromatic rings. The Bertz CT molecular complexity index is 772. The third-order valence-corrected chi connectivity index (χ3v) is 4.62. The number of methoxy groups -OCH3 is 1. The van der Waals surface area contributed by atoms with Crippen molar-refractivity contribution in [2.24, 2.45) is 0 Å². The average Bonchev–Trinajstić information content (AvgIpc) is 2.46. The van der Waals surface area contributed by atoms with Crippen molar-refractivity contribution in [1.82, 2.24) is 9.97 Å². The Balaban J connectivity index is 2.44. The maximum atomic E-state index is 12.3. The van der Waals surface area contributed by atoms with Crippen molar-refractivity contribution in [3.8, 4) is 5.75 Å². The lowest BCUT2D eigenvalue weighted by Gasteiger charge is -2.06. The molecule has 0 saturated carbocycles. The lowest BCUT2D eigenvalue weighted by molar-refractivity contribution is 0.403. The van der Waals surface area contributed by atoms with Gasteiger partial charge in [-0.1, -0.05) is 35.3 Å². The Morgan fingerprint density at radius 1 is 1.14 bits per heavy atom. The van der Waals surface area contributed by atoms with E-state index in [4.69, 9.17) is 27.9 Å². The number of nitrogens with zero attached hydrogens (tertiary/aromatic N) is 2. The van der Waals surface area contributed by atoms with Gasteiger partial charge in [-0.25, -0.2) is 18.4 Å². The van der Waals surface area contributed by atoms with E-state index >= 15 is 0 Å². The third kappa shape index (κ3) is 3.53. The molecule has 0 radical (unpaired) electrons. The van der Waals surface area contributed by atoms with Crippen molar-refractivity contribution in [1.29, 1.82) is 0 Å². The van der Waals surface area contributed by atoms with Crippen LogP contribution in [0, 0.1) is 0 Å². The van der Waals surface area contributed by atoms with Crippen molar-refractivity contribution in [3.05, 3.63) is 51.9 Å². The summed E-state index contributed by atoms with van der Waals surface area (Å²) in [6.45, 7) is 0. The number of rotatable bonds is 4. The van der Waals surface area contributed by atoms with Crippen LogP contribution in [0.5, 0.6) is 5.75 Å². The number of aromatic nitrogens is 2. The summed E-state index contributed by atoms with van der Waals surface area (Å²) in [6.07, 6.45) is 2.45. The van der Waals surface area contributed by atoms with Crippen LogP contribution in [0.4, 0.5) is 0 Å². The van der Waals surface area contributed by atoms with E-state index in [9.17, 15) is 8.42 Å². The predicted octanol–water partition coefficient (Wildman–Crippen LogP) is 3.24. The molecule has 0 N–H and O–H groups in total. The molecule has 2 rings (SSSR count). The summed E-state index contributed by atoms with van der Waals surface area (Å²) in [7, 11) is -2.31. The van der Waals surface area contributed by atoms with Crippen LogP contribution in [0.2, 0.25) is 10.3 Å². The molecule has 0 aliphatic rings. The summed E-state index contributed by atoms with van der Waals surface area (Å²) >= 11 is 11.7. The highest BCUT2D eigenvalue weighted by atomic mass is 35.5. The fourth-order valence-electron chi connectivity index (χ4n) is 1.58. The number of hydrogen-bond acceptors (Lipinski definition) is 5. The second-order valence-corrected chi connectivity index (χ2v) is 6.39. The highest BCUT2D eigenvalue weighted by Gasteiger charge is 2.16. The second kappa shape index (κ2) is 6.43. The topological polar surface area (TPSA) is 69.2 Å². The van der Waals surface area contributed by atoms with E-state index in [1.54, 1.807) is 18.2 Å². The molecule has 0 fully saturated rings. The zero-order chi connectivity index (χ0) is 15.5. The van der Waals surface area contributed by atoms with E-state index < -0.39 is 9.84 Å². The van der Waals surface area contributed by atoms with Crippen LogP contribution in [0.25, 0.3) is 6.08 Å². The fraction of sp³-hybridized carbons (Fsp3) is 0.0769. The van der Waals surface area contributed by atoms with Crippen LogP contribution in [-0.2, 0) is 9.84 Å². The number of halogens is 2. The highest BCUT2D eigenvalue weighted by molar-refractivity contribution is 7.94. The molecular weight excluding hydrogens is 335 g/mol. The van der Waals surface area contributed by atoms with Crippen LogP contribution in [0.15, 0.2) is 40.9 Å². The van der Waals surface area contributed by atoms with Gasteiger partial charge in [-0.2, -0.15) is 0 Å². The van der Waals surface area contributed by atoms with Crippen molar-refractivity contribution in [2.75, 3.05) is 7.11 Å². The monoisotopic (exact) mass is 344 g/mol. The summed E-state index contributed by atoms with van der Waals surface area (Å²) < 4.78 is 29.7. The van der Waals surface area contributed by atoms with Crippen molar-refractivity contribution >= 4 is 39.1 Å². The van der Waals surface area contributed by atoms with Crippen LogP contribution in [-0.4, -0.2) is 25.5 Å². The lowest BCUT2D eigenvalue weighted by Crippen LogP contribution is -1.99. The molecule has 0 amide bonds. The Morgan fingerprint density at radius 3 is 2.38 bits per heavy atom.